The third kappa shape index (κ3) is 2.67. The van der Waals surface area contributed by atoms with E-state index in [1.165, 1.54) is 0 Å². The van der Waals surface area contributed by atoms with Gasteiger partial charge in [0.15, 0.2) is 0 Å². The van der Waals surface area contributed by atoms with E-state index in [1.807, 2.05) is 24.3 Å². The van der Waals surface area contributed by atoms with E-state index >= 15 is 0 Å². The molecule has 0 aliphatic rings. The lowest BCUT2D eigenvalue weighted by Crippen LogP contribution is -2.24. The van der Waals surface area contributed by atoms with Crippen LogP contribution in [0, 0.1) is 0 Å². The Balaban J connectivity index is 2.61. The van der Waals surface area contributed by atoms with Crippen LogP contribution in [0.5, 0.6) is 11.5 Å². The molecular weight excluding hydrogens is 320 g/mol. The first-order valence-corrected chi connectivity index (χ1v) is 7.00. The number of rotatable bonds is 4. The first kappa shape index (κ1) is 14.9. The number of benzene rings is 2. The Morgan fingerprint density at radius 3 is 2.30 bits per heavy atom. The van der Waals surface area contributed by atoms with E-state index in [0.717, 1.165) is 10.0 Å². The van der Waals surface area contributed by atoms with E-state index in [2.05, 4.69) is 15.9 Å². The van der Waals surface area contributed by atoms with Crippen molar-refractivity contribution in [3.05, 3.63) is 58.1 Å². The van der Waals surface area contributed by atoms with Gasteiger partial charge in [-0.1, -0.05) is 34.1 Å². The molecule has 0 heterocycles. The summed E-state index contributed by atoms with van der Waals surface area (Å²) in [4.78, 5) is 0. The second-order valence-electron chi connectivity index (χ2n) is 4.62. The minimum absolute atomic E-state index is 0.617. The standard InChI is InChI=1S/C16H17BrO3/c1-16(18,12-6-4-5-7-14(12)17)13-10-11(19-2)8-9-15(13)20-3/h4-10,18H,1-3H3. The maximum absolute atomic E-state index is 11.0. The third-order valence-corrected chi connectivity index (χ3v) is 4.02. The summed E-state index contributed by atoms with van der Waals surface area (Å²) in [6.45, 7) is 1.74. The fraction of sp³-hybridized carbons (Fsp3) is 0.250. The second kappa shape index (κ2) is 5.85. The zero-order valence-electron chi connectivity index (χ0n) is 11.7. The zero-order valence-corrected chi connectivity index (χ0v) is 13.3. The van der Waals surface area contributed by atoms with E-state index in [9.17, 15) is 5.11 Å². The van der Waals surface area contributed by atoms with Crippen LogP contribution in [-0.2, 0) is 5.60 Å². The number of halogens is 1. The summed E-state index contributed by atoms with van der Waals surface area (Å²) in [6, 6.07) is 13.0. The summed E-state index contributed by atoms with van der Waals surface area (Å²) in [5.74, 6) is 1.29. The van der Waals surface area contributed by atoms with Crippen molar-refractivity contribution in [2.45, 2.75) is 12.5 Å². The molecule has 1 unspecified atom stereocenters. The average Bonchev–Trinajstić information content (AvgIpc) is 2.46. The predicted octanol–water partition coefficient (Wildman–Crippen LogP) is 3.72. The lowest BCUT2D eigenvalue weighted by Gasteiger charge is -2.27. The molecule has 2 aromatic carbocycles. The van der Waals surface area contributed by atoms with E-state index in [-0.39, 0.29) is 0 Å². The average molecular weight is 337 g/mol. The summed E-state index contributed by atoms with van der Waals surface area (Å²) >= 11 is 3.48. The van der Waals surface area contributed by atoms with Gasteiger partial charge in [-0.2, -0.15) is 0 Å². The smallest absolute Gasteiger partial charge is 0.125 e. The molecule has 0 aliphatic carbocycles. The largest absolute Gasteiger partial charge is 0.497 e. The molecule has 0 fully saturated rings. The highest BCUT2D eigenvalue weighted by Gasteiger charge is 2.31. The van der Waals surface area contributed by atoms with E-state index in [1.54, 1.807) is 39.3 Å². The molecule has 0 saturated carbocycles. The quantitative estimate of drug-likeness (QED) is 0.924. The molecule has 106 valence electrons. The first-order valence-electron chi connectivity index (χ1n) is 6.20. The van der Waals surface area contributed by atoms with Crippen LogP contribution in [0.3, 0.4) is 0 Å². The molecule has 2 rings (SSSR count). The van der Waals surface area contributed by atoms with E-state index < -0.39 is 5.60 Å². The Kier molecular flexibility index (Phi) is 4.35. The molecule has 0 amide bonds. The molecule has 1 N–H and O–H groups in total. The Morgan fingerprint density at radius 2 is 1.70 bits per heavy atom. The van der Waals surface area contributed by atoms with Gasteiger partial charge in [-0.25, -0.2) is 0 Å². The summed E-state index contributed by atoms with van der Waals surface area (Å²) < 4.78 is 11.4. The van der Waals surface area contributed by atoms with Crippen molar-refractivity contribution >= 4 is 15.9 Å². The van der Waals surface area contributed by atoms with Crippen molar-refractivity contribution in [2.75, 3.05) is 14.2 Å². The van der Waals surface area contributed by atoms with Crippen LogP contribution in [0.25, 0.3) is 0 Å². The number of hydrogen-bond acceptors (Lipinski definition) is 3. The predicted molar refractivity (Wildman–Crippen MR) is 82.4 cm³/mol. The van der Waals surface area contributed by atoms with Crippen molar-refractivity contribution in [1.29, 1.82) is 0 Å². The lowest BCUT2D eigenvalue weighted by molar-refractivity contribution is 0.0979. The minimum atomic E-state index is -1.19. The van der Waals surface area contributed by atoms with Crippen molar-refractivity contribution in [3.63, 3.8) is 0 Å². The molecule has 3 nitrogen and oxygen atoms in total. The van der Waals surface area contributed by atoms with Crippen LogP contribution in [-0.4, -0.2) is 19.3 Å². The fourth-order valence-electron chi connectivity index (χ4n) is 2.20. The van der Waals surface area contributed by atoms with Gasteiger partial charge in [-0.05, 0) is 31.2 Å². The maximum atomic E-state index is 11.0. The first-order chi connectivity index (χ1) is 9.50. The zero-order chi connectivity index (χ0) is 14.8. The van der Waals surface area contributed by atoms with Gasteiger partial charge in [-0.3, -0.25) is 0 Å². The molecule has 2 aromatic rings. The number of hydrogen-bond donors (Lipinski definition) is 1. The van der Waals surface area contributed by atoms with Gasteiger partial charge in [-0.15, -0.1) is 0 Å². The molecule has 0 aromatic heterocycles. The normalized spacial score (nSPS) is 13.7. The monoisotopic (exact) mass is 336 g/mol. The van der Waals surface area contributed by atoms with Crippen LogP contribution in [0.2, 0.25) is 0 Å². The molecule has 20 heavy (non-hydrogen) atoms. The van der Waals surface area contributed by atoms with Crippen LogP contribution in [0.1, 0.15) is 18.1 Å². The Morgan fingerprint density at radius 1 is 1.00 bits per heavy atom. The minimum Gasteiger partial charge on any atom is -0.497 e. The second-order valence-corrected chi connectivity index (χ2v) is 5.47. The third-order valence-electron chi connectivity index (χ3n) is 3.33. The molecule has 0 aliphatic heterocycles. The summed E-state index contributed by atoms with van der Waals surface area (Å²) in [5, 5.41) is 11.0. The van der Waals surface area contributed by atoms with Crippen LogP contribution >= 0.6 is 15.9 Å². The van der Waals surface area contributed by atoms with Crippen molar-refractivity contribution in [1.82, 2.24) is 0 Å². The van der Waals surface area contributed by atoms with Crippen molar-refractivity contribution in [3.8, 4) is 11.5 Å². The Hall–Kier alpha value is -1.52. The Bertz CT molecular complexity index is 608. The SMILES string of the molecule is COc1ccc(OC)c(C(C)(O)c2ccccc2Br)c1. The molecule has 0 radical (unpaired) electrons. The summed E-state index contributed by atoms with van der Waals surface area (Å²) in [6.07, 6.45) is 0. The Labute approximate surface area is 127 Å². The van der Waals surface area contributed by atoms with Crippen LogP contribution < -0.4 is 9.47 Å². The summed E-state index contributed by atoms with van der Waals surface area (Å²) in [5.41, 5.74) is 0.234. The van der Waals surface area contributed by atoms with Gasteiger partial charge in [0.1, 0.15) is 17.1 Å². The van der Waals surface area contributed by atoms with Crippen molar-refractivity contribution < 1.29 is 14.6 Å². The highest BCUT2D eigenvalue weighted by atomic mass is 79.9. The maximum Gasteiger partial charge on any atom is 0.125 e. The molecular formula is C16H17BrO3. The number of ether oxygens (including phenoxy) is 2. The van der Waals surface area contributed by atoms with Gasteiger partial charge >= 0.3 is 0 Å². The fourth-order valence-corrected chi connectivity index (χ4v) is 2.87. The van der Waals surface area contributed by atoms with Crippen LogP contribution in [0.4, 0.5) is 0 Å². The van der Waals surface area contributed by atoms with Gasteiger partial charge in [0.2, 0.25) is 0 Å². The number of methoxy groups -OCH3 is 2. The highest BCUT2D eigenvalue weighted by Crippen LogP contribution is 2.40. The molecule has 0 saturated heterocycles. The molecule has 0 spiro atoms. The topological polar surface area (TPSA) is 38.7 Å². The van der Waals surface area contributed by atoms with Gasteiger partial charge in [0.05, 0.1) is 14.2 Å². The summed E-state index contributed by atoms with van der Waals surface area (Å²) in [7, 11) is 3.18. The van der Waals surface area contributed by atoms with E-state index in [0.29, 0.717) is 17.1 Å². The van der Waals surface area contributed by atoms with E-state index in [4.69, 9.17) is 9.47 Å². The molecule has 1 atom stereocenters. The van der Waals surface area contributed by atoms with Gasteiger partial charge in [0, 0.05) is 15.6 Å². The van der Waals surface area contributed by atoms with Gasteiger partial charge in [0.25, 0.3) is 0 Å². The van der Waals surface area contributed by atoms with Crippen LogP contribution in [0.15, 0.2) is 46.9 Å². The number of aliphatic hydroxyl groups is 1. The highest BCUT2D eigenvalue weighted by molar-refractivity contribution is 9.10. The molecule has 0 bridgehead atoms. The lowest BCUT2D eigenvalue weighted by atomic mass is 9.87. The molecule has 4 heteroatoms. The van der Waals surface area contributed by atoms with Crippen molar-refractivity contribution in [2.24, 2.45) is 0 Å². The van der Waals surface area contributed by atoms with Gasteiger partial charge < -0.3 is 14.6 Å².